The monoisotopic (exact) mass is 477 g/mol. The van der Waals surface area contributed by atoms with E-state index in [1.807, 2.05) is 0 Å². The molecule has 3 atom stereocenters. The van der Waals surface area contributed by atoms with Crippen LogP contribution in [0.2, 0.25) is 0 Å². The molecule has 3 rings (SSSR count). The summed E-state index contributed by atoms with van der Waals surface area (Å²) >= 11 is 0. The van der Waals surface area contributed by atoms with Crippen molar-refractivity contribution in [2.45, 2.75) is 44.1 Å². The molecule has 2 aromatic rings. The Kier molecular flexibility index (Phi) is 7.30. The van der Waals surface area contributed by atoms with Crippen molar-refractivity contribution in [3.05, 3.63) is 64.7 Å². The Labute approximate surface area is 185 Å². The first-order valence-electron chi connectivity index (χ1n) is 10.3. The fourth-order valence-corrected chi connectivity index (χ4v) is 3.99. The minimum absolute atomic E-state index is 0.315. The van der Waals surface area contributed by atoms with Gasteiger partial charge in [0.2, 0.25) is 0 Å². The number of nitrogens with two attached hydrogens (primary N) is 1. The number of halogens is 7. The van der Waals surface area contributed by atoms with Gasteiger partial charge in [0.1, 0.15) is 23.9 Å². The molecule has 11 heteroatoms. The third kappa shape index (κ3) is 5.13. The molecule has 0 radical (unpaired) electrons. The molecule has 1 fully saturated rings. The Morgan fingerprint density at radius 1 is 1.15 bits per heavy atom. The van der Waals surface area contributed by atoms with Crippen molar-refractivity contribution in [2.24, 2.45) is 11.7 Å². The van der Waals surface area contributed by atoms with Gasteiger partial charge >= 0.3 is 0 Å². The van der Waals surface area contributed by atoms with Gasteiger partial charge in [0, 0.05) is 30.6 Å². The van der Waals surface area contributed by atoms with Gasteiger partial charge in [0.05, 0.1) is 18.7 Å². The first-order chi connectivity index (χ1) is 15.5. The second-order valence-corrected chi connectivity index (χ2v) is 8.00. The van der Waals surface area contributed by atoms with Crippen LogP contribution in [0.15, 0.2) is 30.5 Å². The molecule has 1 aliphatic rings. The van der Waals surface area contributed by atoms with Gasteiger partial charge < -0.3 is 10.6 Å². The van der Waals surface area contributed by atoms with Gasteiger partial charge in [-0.05, 0) is 30.2 Å². The van der Waals surface area contributed by atoms with Crippen LogP contribution in [-0.4, -0.2) is 47.3 Å². The molecular weight excluding hydrogens is 455 g/mol. The highest BCUT2D eigenvalue weighted by molar-refractivity contribution is 5.94. The fourth-order valence-electron chi connectivity index (χ4n) is 3.99. The summed E-state index contributed by atoms with van der Waals surface area (Å²) in [5, 5.41) is 0. The summed E-state index contributed by atoms with van der Waals surface area (Å²) in [6.45, 7) is -0.0731. The van der Waals surface area contributed by atoms with E-state index in [9.17, 15) is 35.5 Å². The Morgan fingerprint density at radius 2 is 1.76 bits per heavy atom. The second-order valence-electron chi connectivity index (χ2n) is 8.00. The molecule has 1 aliphatic heterocycles. The zero-order chi connectivity index (χ0) is 24.5. The third-order valence-corrected chi connectivity index (χ3v) is 5.80. The molecular formula is C22H22F7N3O. The molecule has 2 N–H and O–H groups in total. The lowest BCUT2D eigenvalue weighted by Gasteiger charge is -2.39. The normalized spacial score (nSPS) is 22.3. The largest absolute Gasteiger partial charge is 0.331 e. The van der Waals surface area contributed by atoms with Gasteiger partial charge in [0.15, 0.2) is 11.6 Å². The van der Waals surface area contributed by atoms with Crippen LogP contribution in [-0.2, 0) is 12.3 Å². The van der Waals surface area contributed by atoms with E-state index in [0.29, 0.717) is 12.1 Å². The maximum absolute atomic E-state index is 14.9. The van der Waals surface area contributed by atoms with E-state index < -0.39 is 90.8 Å². The first-order valence-corrected chi connectivity index (χ1v) is 10.3. The van der Waals surface area contributed by atoms with E-state index in [2.05, 4.69) is 4.98 Å². The maximum Gasteiger partial charge on any atom is 0.275 e. The predicted octanol–water partition coefficient (Wildman–Crippen LogP) is 4.32. The fraction of sp³-hybridized carbons (Fsp3) is 0.455. The summed E-state index contributed by atoms with van der Waals surface area (Å²) < 4.78 is 98.7. The van der Waals surface area contributed by atoms with Gasteiger partial charge in [-0.25, -0.2) is 30.7 Å². The summed E-state index contributed by atoms with van der Waals surface area (Å²) in [5.41, 5.74) is 4.28. The Morgan fingerprint density at radius 3 is 2.36 bits per heavy atom. The summed E-state index contributed by atoms with van der Waals surface area (Å²) in [6, 6.07) is 1.83. The number of aromatic nitrogens is 1. The van der Waals surface area contributed by atoms with Gasteiger partial charge in [-0.2, -0.15) is 0 Å². The van der Waals surface area contributed by atoms with Crippen molar-refractivity contribution in [3.8, 4) is 0 Å². The van der Waals surface area contributed by atoms with Crippen LogP contribution in [0.1, 0.15) is 35.0 Å². The van der Waals surface area contributed by atoms with E-state index in [4.69, 9.17) is 5.73 Å². The van der Waals surface area contributed by atoms with E-state index in [-0.39, 0.29) is 5.56 Å². The zero-order valence-corrected chi connectivity index (χ0v) is 17.6. The molecule has 0 aliphatic carbocycles. The minimum atomic E-state index is -3.36. The zero-order valence-electron chi connectivity index (χ0n) is 17.6. The number of pyridine rings is 1. The lowest BCUT2D eigenvalue weighted by molar-refractivity contribution is -0.0118. The molecule has 33 heavy (non-hydrogen) atoms. The van der Waals surface area contributed by atoms with Gasteiger partial charge in [-0.3, -0.25) is 9.78 Å². The second kappa shape index (κ2) is 9.66. The quantitative estimate of drug-likeness (QED) is 0.498. The van der Waals surface area contributed by atoms with Crippen LogP contribution in [0.5, 0.6) is 0 Å². The molecule has 1 aromatic carbocycles. The average molecular weight is 477 g/mol. The number of hydrogen-bond donors (Lipinski definition) is 1. The van der Waals surface area contributed by atoms with E-state index >= 15 is 0 Å². The molecule has 2 heterocycles. The Balaban J connectivity index is 1.77. The molecule has 0 bridgehead atoms. The smallest absolute Gasteiger partial charge is 0.275 e. The Bertz CT molecular complexity index is 1010. The number of nitrogens with zero attached hydrogens (tertiary/aromatic N) is 2. The lowest BCUT2D eigenvalue weighted by Crippen LogP contribution is -2.57. The molecule has 0 saturated carbocycles. The average Bonchev–Trinajstić information content (AvgIpc) is 2.76. The minimum Gasteiger partial charge on any atom is -0.331 e. The topological polar surface area (TPSA) is 59.2 Å². The van der Waals surface area contributed by atoms with E-state index in [1.54, 1.807) is 0 Å². The number of hydrogen-bond acceptors (Lipinski definition) is 3. The van der Waals surface area contributed by atoms with Crippen molar-refractivity contribution >= 4 is 5.91 Å². The van der Waals surface area contributed by atoms with Crippen LogP contribution >= 0.6 is 0 Å². The van der Waals surface area contributed by atoms with Crippen LogP contribution < -0.4 is 5.73 Å². The van der Waals surface area contributed by atoms with Crippen molar-refractivity contribution in [3.63, 3.8) is 0 Å². The summed E-state index contributed by atoms with van der Waals surface area (Å²) in [6.07, 6.45) is -3.98. The highest BCUT2D eigenvalue weighted by atomic mass is 19.3. The number of likely N-dealkylation sites (tertiary alicyclic amines) is 1. The number of alkyl halides is 4. The van der Waals surface area contributed by atoms with Crippen molar-refractivity contribution in [1.29, 1.82) is 0 Å². The maximum atomic E-state index is 14.9. The standard InChI is InChI=1S/C22H22F7N3O/c1-2-22(28,29)12-4-3-5-31-20(12)21(33)32-9-16(26)19(17(27)10-32)18(30)7-11-6-14(24)15(25)8-13(11)23/h3-6,8,16-19H,2,7,9-10,30H2,1H3. The lowest BCUT2D eigenvalue weighted by atomic mass is 9.83. The number of carbonyl (C=O) groups is 1. The number of rotatable bonds is 6. The molecule has 0 spiro atoms. The Hall–Kier alpha value is -2.69. The van der Waals surface area contributed by atoms with Crippen molar-refractivity contribution in [2.75, 3.05) is 13.1 Å². The van der Waals surface area contributed by atoms with Crippen molar-refractivity contribution in [1.82, 2.24) is 9.88 Å². The van der Waals surface area contributed by atoms with Crippen LogP contribution in [0, 0.1) is 23.4 Å². The molecule has 1 aromatic heterocycles. The van der Waals surface area contributed by atoms with E-state index in [1.165, 1.54) is 13.0 Å². The third-order valence-electron chi connectivity index (χ3n) is 5.80. The number of amides is 1. The molecule has 180 valence electrons. The summed E-state index contributed by atoms with van der Waals surface area (Å²) in [5.74, 6) is -9.75. The van der Waals surface area contributed by atoms with Gasteiger partial charge in [-0.1, -0.05) is 6.92 Å². The number of piperidine rings is 1. The van der Waals surface area contributed by atoms with Crippen molar-refractivity contribution < 1.29 is 35.5 Å². The highest BCUT2D eigenvalue weighted by Crippen LogP contribution is 2.34. The van der Waals surface area contributed by atoms with E-state index in [0.717, 1.165) is 17.2 Å². The molecule has 3 unspecified atom stereocenters. The van der Waals surface area contributed by atoms with Crippen LogP contribution in [0.25, 0.3) is 0 Å². The number of benzene rings is 1. The van der Waals surface area contributed by atoms with Crippen LogP contribution in [0.3, 0.4) is 0 Å². The number of carbonyl (C=O) groups excluding carboxylic acids is 1. The van der Waals surface area contributed by atoms with Crippen LogP contribution in [0.4, 0.5) is 30.7 Å². The van der Waals surface area contributed by atoms with Gasteiger partial charge in [0.25, 0.3) is 11.8 Å². The predicted molar refractivity (Wildman–Crippen MR) is 106 cm³/mol. The summed E-state index contributed by atoms with van der Waals surface area (Å²) in [4.78, 5) is 17.2. The molecule has 4 nitrogen and oxygen atoms in total. The SMILES string of the molecule is CCC(F)(F)c1cccnc1C(=O)N1CC(F)C(C(N)Cc2cc(F)c(F)cc2F)C(F)C1. The molecule has 1 amide bonds. The summed E-state index contributed by atoms with van der Waals surface area (Å²) in [7, 11) is 0. The molecule has 1 saturated heterocycles. The van der Waals surface area contributed by atoms with Gasteiger partial charge in [-0.15, -0.1) is 0 Å². The highest BCUT2D eigenvalue weighted by Gasteiger charge is 2.44. The first kappa shape index (κ1) is 24.9.